The molecule has 4 rings (SSSR count). The molecule has 124 valence electrons. The van der Waals surface area contributed by atoms with Crippen molar-refractivity contribution in [1.29, 1.82) is 0 Å². The van der Waals surface area contributed by atoms with Crippen molar-refractivity contribution in [2.75, 3.05) is 5.32 Å². The van der Waals surface area contributed by atoms with Gasteiger partial charge in [-0.3, -0.25) is 4.79 Å². The fraction of sp³-hybridized carbons (Fsp3) is 0.0526. The molecule has 1 N–H and O–H groups in total. The van der Waals surface area contributed by atoms with Crippen LogP contribution in [0, 0.1) is 12.7 Å². The van der Waals surface area contributed by atoms with E-state index in [1.54, 1.807) is 22.9 Å². The number of hydrogen-bond donors (Lipinski definition) is 1. The number of anilines is 1. The van der Waals surface area contributed by atoms with Gasteiger partial charge in [0.1, 0.15) is 11.6 Å². The summed E-state index contributed by atoms with van der Waals surface area (Å²) in [5.74, 6) is 0.0412. The Morgan fingerprint density at radius 3 is 2.64 bits per heavy atom. The predicted molar refractivity (Wildman–Crippen MR) is 98.0 cm³/mol. The molecule has 0 spiro atoms. The molecule has 0 aliphatic heterocycles. The second-order valence-corrected chi connectivity index (χ2v) is 6.75. The van der Waals surface area contributed by atoms with E-state index in [1.807, 2.05) is 37.3 Å². The Bertz CT molecular complexity index is 1030. The Morgan fingerprint density at radius 1 is 1.12 bits per heavy atom. The zero-order valence-corrected chi connectivity index (χ0v) is 14.2. The maximum Gasteiger partial charge on any atom is 0.266 e. The van der Waals surface area contributed by atoms with Crippen LogP contribution in [0.5, 0.6) is 0 Å². The van der Waals surface area contributed by atoms with E-state index in [2.05, 4.69) is 10.4 Å². The molecule has 0 bridgehead atoms. The topological polar surface area (TPSA) is 46.9 Å². The second-order valence-electron chi connectivity index (χ2n) is 5.66. The van der Waals surface area contributed by atoms with Crippen molar-refractivity contribution in [1.82, 2.24) is 9.78 Å². The molecular formula is C19H14FN3OS. The highest BCUT2D eigenvalue weighted by Gasteiger charge is 2.14. The van der Waals surface area contributed by atoms with Crippen molar-refractivity contribution in [2.45, 2.75) is 6.92 Å². The maximum atomic E-state index is 13.1. The number of hydrogen-bond acceptors (Lipinski definition) is 3. The van der Waals surface area contributed by atoms with Crippen molar-refractivity contribution in [3.63, 3.8) is 0 Å². The first-order valence-corrected chi connectivity index (χ1v) is 8.54. The van der Waals surface area contributed by atoms with Crippen molar-refractivity contribution in [3.05, 3.63) is 77.1 Å². The lowest BCUT2D eigenvalue weighted by atomic mass is 10.2. The van der Waals surface area contributed by atoms with Crippen LogP contribution in [-0.2, 0) is 0 Å². The van der Waals surface area contributed by atoms with Gasteiger partial charge >= 0.3 is 0 Å². The minimum atomic E-state index is -0.316. The lowest BCUT2D eigenvalue weighted by molar-refractivity contribution is 0.103. The molecule has 0 saturated heterocycles. The van der Waals surface area contributed by atoms with Gasteiger partial charge in [-0.15, -0.1) is 11.3 Å². The van der Waals surface area contributed by atoms with E-state index in [1.165, 1.54) is 23.5 Å². The molecule has 0 unspecified atom stereocenters. The molecule has 6 heteroatoms. The second kappa shape index (κ2) is 6.14. The van der Waals surface area contributed by atoms with Crippen LogP contribution in [0.25, 0.3) is 15.8 Å². The van der Waals surface area contributed by atoms with Crippen LogP contribution in [0.15, 0.2) is 60.7 Å². The molecule has 0 atom stereocenters. The van der Waals surface area contributed by atoms with Crippen LogP contribution in [0.4, 0.5) is 10.2 Å². The summed E-state index contributed by atoms with van der Waals surface area (Å²) in [6, 6.07) is 17.5. The standard InChI is InChI=1S/C19H14FN3OS/c1-12-10-18(23(22-12)15-8-6-14(20)7-9-15)21-19(24)17-11-13-4-2-3-5-16(13)25-17/h2-11H,1H3,(H,21,24). The third-order valence-corrected chi connectivity index (χ3v) is 4.91. The third-order valence-electron chi connectivity index (χ3n) is 3.79. The molecule has 25 heavy (non-hydrogen) atoms. The number of nitrogens with zero attached hydrogens (tertiary/aromatic N) is 2. The lowest BCUT2D eigenvalue weighted by Crippen LogP contribution is -2.13. The largest absolute Gasteiger partial charge is 0.306 e. The number of carbonyl (C=O) groups excluding carboxylic acids is 1. The van der Waals surface area contributed by atoms with Crippen LogP contribution in [-0.4, -0.2) is 15.7 Å². The number of rotatable bonds is 3. The number of thiophene rings is 1. The summed E-state index contributed by atoms with van der Waals surface area (Å²) in [7, 11) is 0. The molecule has 0 aliphatic carbocycles. The third kappa shape index (κ3) is 3.04. The smallest absolute Gasteiger partial charge is 0.266 e. The van der Waals surface area contributed by atoms with Crippen LogP contribution >= 0.6 is 11.3 Å². The fourth-order valence-corrected chi connectivity index (χ4v) is 3.60. The van der Waals surface area contributed by atoms with Gasteiger partial charge in [-0.05, 0) is 48.7 Å². The summed E-state index contributed by atoms with van der Waals surface area (Å²) in [6.07, 6.45) is 0. The molecular weight excluding hydrogens is 337 g/mol. The predicted octanol–water partition coefficient (Wildman–Crippen LogP) is 4.79. The first kappa shape index (κ1) is 15.5. The molecule has 0 fully saturated rings. The lowest BCUT2D eigenvalue weighted by Gasteiger charge is -2.08. The Balaban J connectivity index is 1.66. The molecule has 2 heterocycles. The number of aromatic nitrogens is 2. The van der Waals surface area contributed by atoms with Crippen molar-refractivity contribution in [2.24, 2.45) is 0 Å². The molecule has 0 radical (unpaired) electrons. The van der Waals surface area contributed by atoms with E-state index in [0.717, 1.165) is 15.8 Å². The van der Waals surface area contributed by atoms with E-state index in [-0.39, 0.29) is 11.7 Å². The first-order chi connectivity index (χ1) is 12.1. The van der Waals surface area contributed by atoms with Gasteiger partial charge in [0.05, 0.1) is 16.3 Å². The SMILES string of the molecule is Cc1cc(NC(=O)c2cc3ccccc3s2)n(-c2ccc(F)cc2)n1. The molecule has 0 saturated carbocycles. The molecule has 1 amide bonds. The van der Waals surface area contributed by atoms with Gasteiger partial charge in [0.15, 0.2) is 0 Å². The quantitative estimate of drug-likeness (QED) is 0.577. The maximum absolute atomic E-state index is 13.1. The summed E-state index contributed by atoms with van der Waals surface area (Å²) < 4.78 is 15.8. The molecule has 4 nitrogen and oxygen atoms in total. The van der Waals surface area contributed by atoms with Gasteiger partial charge in [0, 0.05) is 10.8 Å². The zero-order chi connectivity index (χ0) is 17.4. The highest BCUT2D eigenvalue weighted by atomic mass is 32.1. The van der Waals surface area contributed by atoms with Gasteiger partial charge in [-0.2, -0.15) is 5.10 Å². The summed E-state index contributed by atoms with van der Waals surface area (Å²) >= 11 is 1.44. The van der Waals surface area contributed by atoms with Crippen molar-refractivity contribution >= 4 is 33.1 Å². The minimum Gasteiger partial charge on any atom is -0.306 e. The number of amides is 1. The molecule has 2 aromatic carbocycles. The fourth-order valence-electron chi connectivity index (χ4n) is 2.64. The van der Waals surface area contributed by atoms with E-state index < -0.39 is 0 Å². The number of benzene rings is 2. The number of fused-ring (bicyclic) bond motifs is 1. The molecule has 2 aromatic heterocycles. The van der Waals surface area contributed by atoms with Gasteiger partial charge in [0.2, 0.25) is 0 Å². The van der Waals surface area contributed by atoms with Crippen molar-refractivity contribution < 1.29 is 9.18 Å². The Kier molecular flexibility index (Phi) is 3.82. The van der Waals surface area contributed by atoms with Crippen LogP contribution in [0.2, 0.25) is 0 Å². The van der Waals surface area contributed by atoms with E-state index in [4.69, 9.17) is 0 Å². The average Bonchev–Trinajstić information content (AvgIpc) is 3.19. The number of halogens is 1. The summed E-state index contributed by atoms with van der Waals surface area (Å²) in [5.41, 5.74) is 1.44. The Labute approximate surface area is 147 Å². The Hall–Kier alpha value is -2.99. The number of carbonyl (C=O) groups is 1. The summed E-state index contributed by atoms with van der Waals surface area (Å²) in [5, 5.41) is 8.33. The Morgan fingerprint density at radius 2 is 1.88 bits per heavy atom. The minimum absolute atomic E-state index is 0.190. The summed E-state index contributed by atoms with van der Waals surface area (Å²) in [6.45, 7) is 1.84. The van der Waals surface area contributed by atoms with Crippen LogP contribution in [0.3, 0.4) is 0 Å². The normalized spacial score (nSPS) is 11.0. The average molecular weight is 351 g/mol. The van der Waals surface area contributed by atoms with Crippen LogP contribution < -0.4 is 5.32 Å². The van der Waals surface area contributed by atoms with E-state index in [9.17, 15) is 9.18 Å². The first-order valence-electron chi connectivity index (χ1n) is 7.73. The van der Waals surface area contributed by atoms with Gasteiger partial charge in [0.25, 0.3) is 5.91 Å². The van der Waals surface area contributed by atoms with E-state index in [0.29, 0.717) is 16.4 Å². The van der Waals surface area contributed by atoms with Gasteiger partial charge in [-0.25, -0.2) is 9.07 Å². The molecule has 0 aliphatic rings. The highest BCUT2D eigenvalue weighted by Crippen LogP contribution is 2.26. The molecule has 4 aromatic rings. The monoisotopic (exact) mass is 351 g/mol. The number of nitrogens with one attached hydrogen (secondary N) is 1. The summed E-state index contributed by atoms with van der Waals surface area (Å²) in [4.78, 5) is 13.3. The van der Waals surface area contributed by atoms with Gasteiger partial charge < -0.3 is 5.32 Å². The van der Waals surface area contributed by atoms with Gasteiger partial charge in [-0.1, -0.05) is 18.2 Å². The number of aryl methyl sites for hydroxylation is 1. The van der Waals surface area contributed by atoms with Crippen LogP contribution in [0.1, 0.15) is 15.4 Å². The van der Waals surface area contributed by atoms with Crippen molar-refractivity contribution in [3.8, 4) is 5.69 Å². The zero-order valence-electron chi connectivity index (χ0n) is 13.4. The van der Waals surface area contributed by atoms with E-state index >= 15 is 0 Å². The highest BCUT2D eigenvalue weighted by molar-refractivity contribution is 7.20.